The number of hydrogen-bond donors (Lipinski definition) is 1. The van der Waals surface area contributed by atoms with Gasteiger partial charge < -0.3 is 15.0 Å². The van der Waals surface area contributed by atoms with Crippen molar-refractivity contribution >= 4 is 17.9 Å². The summed E-state index contributed by atoms with van der Waals surface area (Å²) in [6, 6.07) is 7.49. The van der Waals surface area contributed by atoms with Crippen LogP contribution in [0.4, 0.5) is 0 Å². The van der Waals surface area contributed by atoms with Gasteiger partial charge in [-0.05, 0) is 76.0 Å². The van der Waals surface area contributed by atoms with Gasteiger partial charge in [0.25, 0.3) is 0 Å². The van der Waals surface area contributed by atoms with Crippen molar-refractivity contribution in [2.75, 3.05) is 33.2 Å². The van der Waals surface area contributed by atoms with E-state index in [1.165, 1.54) is 38.8 Å². The number of carbonyl (C=O) groups excluding carboxylic acids is 1. The predicted octanol–water partition coefficient (Wildman–Crippen LogP) is 5.39. The van der Waals surface area contributed by atoms with E-state index in [0.29, 0.717) is 5.02 Å². The van der Waals surface area contributed by atoms with Crippen LogP contribution in [0, 0.1) is 5.92 Å². The third kappa shape index (κ3) is 12.5. The van der Waals surface area contributed by atoms with Crippen molar-refractivity contribution in [1.82, 2.24) is 10.2 Å². The molecule has 1 unspecified atom stereocenters. The number of rotatable bonds is 10. The average molecular weight is 383 g/mol. The Hall–Kier alpha value is -0.900. The van der Waals surface area contributed by atoms with Crippen LogP contribution < -0.4 is 5.32 Å². The highest BCUT2D eigenvalue weighted by Gasteiger charge is 2.21. The summed E-state index contributed by atoms with van der Waals surface area (Å²) in [7, 11) is 2.17. The molecule has 0 heterocycles. The number of benzene rings is 1. The zero-order valence-electron chi connectivity index (χ0n) is 17.4. The molecule has 0 spiro atoms. The minimum atomic E-state index is -0.0592. The minimum absolute atomic E-state index is 0.0592. The Bertz CT molecular complexity index is 440. The van der Waals surface area contributed by atoms with Gasteiger partial charge >= 0.3 is 0 Å². The Kier molecular flexibility index (Phi) is 15.7. The molecule has 0 saturated heterocycles. The fraction of sp³-hybridized carbons (Fsp3) is 0.682. The van der Waals surface area contributed by atoms with Crippen molar-refractivity contribution in [2.24, 2.45) is 5.92 Å². The van der Waals surface area contributed by atoms with Crippen molar-refractivity contribution in [2.45, 2.75) is 59.3 Å². The number of hydrogen-bond acceptors (Lipinski definition) is 3. The molecule has 4 heteroatoms. The van der Waals surface area contributed by atoms with Crippen molar-refractivity contribution < 1.29 is 4.79 Å². The van der Waals surface area contributed by atoms with Crippen molar-refractivity contribution in [3.05, 3.63) is 34.9 Å². The van der Waals surface area contributed by atoms with Crippen LogP contribution >= 0.6 is 11.6 Å². The summed E-state index contributed by atoms with van der Waals surface area (Å²) in [4.78, 5) is 13.4. The van der Waals surface area contributed by atoms with E-state index < -0.39 is 0 Å². The maximum absolute atomic E-state index is 11.0. The van der Waals surface area contributed by atoms with Gasteiger partial charge in [0.15, 0.2) is 0 Å². The fourth-order valence-electron chi connectivity index (χ4n) is 2.59. The van der Waals surface area contributed by atoms with Crippen molar-refractivity contribution in [3.8, 4) is 0 Å². The second-order valence-electron chi connectivity index (χ2n) is 6.70. The highest BCUT2D eigenvalue weighted by molar-refractivity contribution is 6.30. The second-order valence-corrected chi connectivity index (χ2v) is 7.14. The summed E-state index contributed by atoms with van der Waals surface area (Å²) >= 11 is 5.81. The molecule has 2 rings (SSSR count). The second kappa shape index (κ2) is 16.3. The molecule has 1 aromatic rings. The van der Waals surface area contributed by atoms with Crippen LogP contribution in [0.1, 0.15) is 64.9 Å². The molecule has 3 nitrogen and oxygen atoms in total. The molecule has 0 aromatic heterocycles. The van der Waals surface area contributed by atoms with Gasteiger partial charge in [-0.2, -0.15) is 0 Å². The van der Waals surface area contributed by atoms with Gasteiger partial charge in [-0.15, -0.1) is 0 Å². The number of halogens is 1. The lowest BCUT2D eigenvalue weighted by Crippen LogP contribution is -2.24. The standard InChI is InChI=1S/C13H16ClNO.C7H17N.C2H6/c14-13-5-3-11(4-6-13)12(9-16)8-15-7-10-1-2-10;1-4-6-8(3)7-5-2;1-2/h3-6,9-10,12,15H,1-2,7-8H2;4-7H2,1-3H3;1-2H3. The first kappa shape index (κ1) is 25.1. The van der Waals surface area contributed by atoms with E-state index in [4.69, 9.17) is 11.6 Å². The highest BCUT2D eigenvalue weighted by Crippen LogP contribution is 2.27. The zero-order valence-corrected chi connectivity index (χ0v) is 18.2. The average Bonchev–Trinajstić information content (AvgIpc) is 3.47. The summed E-state index contributed by atoms with van der Waals surface area (Å²) < 4.78 is 0. The maximum atomic E-state index is 11.0. The number of nitrogens with one attached hydrogen (secondary N) is 1. The molecule has 0 amide bonds. The van der Waals surface area contributed by atoms with Gasteiger partial charge in [0.1, 0.15) is 6.29 Å². The summed E-state index contributed by atoms with van der Waals surface area (Å²) in [5.41, 5.74) is 1.03. The molecule has 1 atom stereocenters. The van der Waals surface area contributed by atoms with Gasteiger partial charge in [0.2, 0.25) is 0 Å². The lowest BCUT2D eigenvalue weighted by Gasteiger charge is -2.12. The lowest BCUT2D eigenvalue weighted by atomic mass is 10.0. The molecule has 0 aliphatic heterocycles. The number of carbonyl (C=O) groups is 1. The zero-order chi connectivity index (χ0) is 19.8. The van der Waals surface area contributed by atoms with Crippen molar-refractivity contribution in [3.63, 3.8) is 0 Å². The van der Waals surface area contributed by atoms with Crippen LogP contribution in [0.2, 0.25) is 5.02 Å². The summed E-state index contributed by atoms with van der Waals surface area (Å²) in [5.74, 6) is 0.786. The van der Waals surface area contributed by atoms with Gasteiger partial charge in [-0.3, -0.25) is 0 Å². The minimum Gasteiger partial charge on any atom is -0.315 e. The SMILES string of the molecule is CC.CCCN(C)CCC.O=CC(CNCC1CC1)c1ccc(Cl)cc1. The first-order valence-corrected chi connectivity index (χ1v) is 10.6. The van der Waals surface area contributed by atoms with Crippen LogP contribution in [0.15, 0.2) is 24.3 Å². The molecule has 1 saturated carbocycles. The highest BCUT2D eigenvalue weighted by atomic mass is 35.5. The molecule has 0 radical (unpaired) electrons. The summed E-state index contributed by atoms with van der Waals surface area (Å²) in [6.45, 7) is 12.7. The molecule has 1 N–H and O–H groups in total. The van der Waals surface area contributed by atoms with E-state index >= 15 is 0 Å². The predicted molar refractivity (Wildman–Crippen MR) is 115 cm³/mol. The Labute approximate surface area is 166 Å². The van der Waals surface area contributed by atoms with E-state index in [-0.39, 0.29) is 5.92 Å². The van der Waals surface area contributed by atoms with E-state index in [2.05, 4.69) is 31.1 Å². The van der Waals surface area contributed by atoms with Crippen LogP contribution in [-0.4, -0.2) is 44.4 Å². The smallest absolute Gasteiger partial charge is 0.128 e. The largest absolute Gasteiger partial charge is 0.315 e. The molecule has 1 aromatic carbocycles. The van der Waals surface area contributed by atoms with Crippen LogP contribution in [-0.2, 0) is 4.79 Å². The third-order valence-corrected chi connectivity index (χ3v) is 4.42. The van der Waals surface area contributed by atoms with Crippen LogP contribution in [0.25, 0.3) is 0 Å². The Morgan fingerprint density at radius 1 is 1.15 bits per heavy atom. The van der Waals surface area contributed by atoms with Gasteiger partial charge in [-0.25, -0.2) is 0 Å². The summed E-state index contributed by atoms with van der Waals surface area (Å²) in [5, 5.41) is 4.05. The third-order valence-electron chi connectivity index (χ3n) is 4.17. The molecule has 1 aliphatic rings. The number of nitrogens with zero attached hydrogens (tertiary/aromatic N) is 1. The van der Waals surface area contributed by atoms with Crippen LogP contribution in [0.3, 0.4) is 0 Å². The van der Waals surface area contributed by atoms with Crippen LogP contribution in [0.5, 0.6) is 0 Å². The monoisotopic (exact) mass is 382 g/mol. The maximum Gasteiger partial charge on any atom is 0.128 e. The topological polar surface area (TPSA) is 32.3 Å². The Morgan fingerprint density at radius 3 is 2.12 bits per heavy atom. The molecule has 150 valence electrons. The normalized spacial score (nSPS) is 14.0. The first-order chi connectivity index (χ1) is 12.6. The number of aldehydes is 1. The fourth-order valence-corrected chi connectivity index (χ4v) is 2.72. The Balaban J connectivity index is 0.000000533. The molecule has 0 bridgehead atoms. The van der Waals surface area contributed by atoms with Crippen molar-refractivity contribution in [1.29, 1.82) is 0 Å². The van der Waals surface area contributed by atoms with Gasteiger partial charge in [0.05, 0.1) is 5.92 Å². The molecule has 1 aliphatic carbocycles. The van der Waals surface area contributed by atoms with Gasteiger partial charge in [-0.1, -0.05) is 51.4 Å². The summed E-state index contributed by atoms with van der Waals surface area (Å²) in [6.07, 6.45) is 6.22. The molecular weight excluding hydrogens is 344 g/mol. The Morgan fingerprint density at radius 2 is 1.69 bits per heavy atom. The van der Waals surface area contributed by atoms with E-state index in [0.717, 1.165) is 30.9 Å². The molecular formula is C22H39ClN2O. The molecule has 26 heavy (non-hydrogen) atoms. The first-order valence-electron chi connectivity index (χ1n) is 10.2. The van der Waals surface area contributed by atoms with E-state index in [1.54, 1.807) is 0 Å². The van der Waals surface area contributed by atoms with E-state index in [9.17, 15) is 4.79 Å². The quantitative estimate of drug-likeness (QED) is 0.551. The lowest BCUT2D eigenvalue weighted by molar-refractivity contribution is -0.109. The molecule has 1 fully saturated rings. The van der Waals surface area contributed by atoms with Gasteiger partial charge in [0, 0.05) is 11.6 Å². The van der Waals surface area contributed by atoms with E-state index in [1.807, 2.05) is 38.1 Å².